The van der Waals surface area contributed by atoms with Crippen molar-refractivity contribution in [1.82, 2.24) is 0 Å². The first-order chi connectivity index (χ1) is 8.29. The number of anilines is 1. The van der Waals surface area contributed by atoms with Gasteiger partial charge >= 0.3 is 10.2 Å². The van der Waals surface area contributed by atoms with Crippen LogP contribution in [0.2, 0.25) is 0 Å². The van der Waals surface area contributed by atoms with Crippen LogP contribution in [0.25, 0.3) is 0 Å². The van der Waals surface area contributed by atoms with Crippen molar-refractivity contribution in [3.05, 3.63) is 27.1 Å². The van der Waals surface area contributed by atoms with Gasteiger partial charge in [-0.15, -0.1) is 3.89 Å². The van der Waals surface area contributed by atoms with E-state index in [1.165, 1.54) is 4.90 Å². The van der Waals surface area contributed by atoms with Crippen molar-refractivity contribution >= 4 is 53.7 Å². The molecule has 1 saturated heterocycles. The van der Waals surface area contributed by atoms with E-state index in [0.29, 0.717) is 10.2 Å². The second kappa shape index (κ2) is 4.90. The predicted molar refractivity (Wildman–Crippen MR) is 72.6 cm³/mol. The summed E-state index contributed by atoms with van der Waals surface area (Å²) in [4.78, 5) is 13.0. The molecule has 1 aliphatic rings. The van der Waals surface area contributed by atoms with Crippen LogP contribution in [0.1, 0.15) is 6.42 Å². The molecular formula is C10H8Br2FNO3S. The maximum Gasteiger partial charge on any atom is 0.307 e. The number of amides is 1. The topological polar surface area (TPSA) is 54.5 Å². The SMILES string of the molecule is O=C1CC(S(=O)(=O)F)CN1c1ccc(Br)cc1Br. The summed E-state index contributed by atoms with van der Waals surface area (Å²) in [6, 6.07) is 5.13. The van der Waals surface area contributed by atoms with Crippen molar-refractivity contribution in [3.8, 4) is 0 Å². The van der Waals surface area contributed by atoms with Crippen LogP contribution < -0.4 is 4.90 Å². The summed E-state index contributed by atoms with van der Waals surface area (Å²) in [5, 5.41) is -1.28. The molecule has 0 bridgehead atoms. The van der Waals surface area contributed by atoms with Gasteiger partial charge in [0, 0.05) is 21.9 Å². The lowest BCUT2D eigenvalue weighted by molar-refractivity contribution is -0.117. The number of hydrogen-bond donors (Lipinski definition) is 0. The number of carbonyl (C=O) groups excluding carboxylic acids is 1. The predicted octanol–water partition coefficient (Wildman–Crippen LogP) is 2.62. The summed E-state index contributed by atoms with van der Waals surface area (Å²) < 4.78 is 36.0. The normalized spacial score (nSPS) is 20.5. The summed E-state index contributed by atoms with van der Waals surface area (Å²) in [6.45, 7) is -0.155. The molecular weight excluding hydrogens is 393 g/mol. The van der Waals surface area contributed by atoms with E-state index in [0.717, 1.165) is 4.47 Å². The van der Waals surface area contributed by atoms with Gasteiger partial charge in [0.15, 0.2) is 0 Å². The van der Waals surface area contributed by atoms with Crippen LogP contribution in [0.15, 0.2) is 27.1 Å². The average molecular weight is 401 g/mol. The zero-order valence-electron chi connectivity index (χ0n) is 8.94. The third-order valence-electron chi connectivity index (χ3n) is 2.69. The lowest BCUT2D eigenvalue weighted by atomic mass is 10.3. The highest BCUT2D eigenvalue weighted by Gasteiger charge is 2.39. The second-order valence-electron chi connectivity index (χ2n) is 3.90. The first kappa shape index (κ1) is 14.0. The molecule has 8 heteroatoms. The highest BCUT2D eigenvalue weighted by molar-refractivity contribution is 9.11. The van der Waals surface area contributed by atoms with E-state index >= 15 is 0 Å². The van der Waals surface area contributed by atoms with E-state index in [2.05, 4.69) is 31.9 Å². The van der Waals surface area contributed by atoms with Crippen LogP contribution >= 0.6 is 31.9 Å². The van der Waals surface area contributed by atoms with Gasteiger partial charge in [0.1, 0.15) is 5.25 Å². The third kappa shape index (κ3) is 2.75. The Balaban J connectivity index is 2.33. The Morgan fingerprint density at radius 3 is 2.50 bits per heavy atom. The smallest absolute Gasteiger partial charge is 0.307 e. The molecule has 4 nitrogen and oxygen atoms in total. The molecule has 1 aromatic carbocycles. The van der Waals surface area contributed by atoms with Crippen LogP contribution in [0.5, 0.6) is 0 Å². The van der Waals surface area contributed by atoms with E-state index in [1.54, 1.807) is 18.2 Å². The first-order valence-electron chi connectivity index (χ1n) is 4.98. The van der Waals surface area contributed by atoms with Crippen LogP contribution in [-0.2, 0) is 15.0 Å². The highest BCUT2D eigenvalue weighted by atomic mass is 79.9. The number of rotatable bonds is 2. The van der Waals surface area contributed by atoms with Crippen LogP contribution in [0.3, 0.4) is 0 Å². The van der Waals surface area contributed by atoms with Gasteiger partial charge in [-0.05, 0) is 34.1 Å². The molecule has 98 valence electrons. The highest BCUT2D eigenvalue weighted by Crippen LogP contribution is 2.33. The minimum absolute atomic E-state index is 0.155. The monoisotopic (exact) mass is 399 g/mol. The molecule has 2 rings (SSSR count). The molecule has 1 atom stereocenters. The zero-order chi connectivity index (χ0) is 13.5. The fraction of sp³-hybridized carbons (Fsp3) is 0.300. The molecule has 1 unspecified atom stereocenters. The molecule has 1 fully saturated rings. The van der Waals surface area contributed by atoms with Gasteiger partial charge in [-0.1, -0.05) is 15.9 Å². The van der Waals surface area contributed by atoms with Crippen LogP contribution in [0, 0.1) is 0 Å². The van der Waals surface area contributed by atoms with E-state index in [-0.39, 0.29) is 13.0 Å². The number of carbonyl (C=O) groups is 1. The van der Waals surface area contributed by atoms with E-state index in [9.17, 15) is 17.1 Å². The fourth-order valence-electron chi connectivity index (χ4n) is 1.80. The number of nitrogens with zero attached hydrogens (tertiary/aromatic N) is 1. The van der Waals surface area contributed by atoms with E-state index in [4.69, 9.17) is 0 Å². The molecule has 1 aliphatic heterocycles. The lowest BCUT2D eigenvalue weighted by Crippen LogP contribution is -2.27. The average Bonchev–Trinajstić information content (AvgIpc) is 2.60. The Hall–Kier alpha value is -0.470. The Morgan fingerprint density at radius 1 is 1.33 bits per heavy atom. The maximum absolute atomic E-state index is 12.9. The minimum Gasteiger partial charge on any atom is -0.310 e. The van der Waals surface area contributed by atoms with Crippen molar-refractivity contribution in [2.75, 3.05) is 11.4 Å². The summed E-state index contributed by atoms with van der Waals surface area (Å²) in [5.41, 5.74) is 0.536. The van der Waals surface area contributed by atoms with Crippen molar-refractivity contribution < 1.29 is 17.1 Å². The Bertz CT molecular complexity index is 605. The maximum atomic E-state index is 12.9. The molecule has 1 amide bonds. The molecule has 0 N–H and O–H groups in total. The second-order valence-corrected chi connectivity index (χ2v) is 7.29. The zero-order valence-corrected chi connectivity index (χ0v) is 12.9. The van der Waals surface area contributed by atoms with Gasteiger partial charge in [-0.3, -0.25) is 4.79 Å². The number of hydrogen-bond acceptors (Lipinski definition) is 3. The van der Waals surface area contributed by atoms with Crippen molar-refractivity contribution in [3.63, 3.8) is 0 Å². The molecule has 18 heavy (non-hydrogen) atoms. The minimum atomic E-state index is -4.68. The number of benzene rings is 1. The van der Waals surface area contributed by atoms with Crippen LogP contribution in [-0.4, -0.2) is 26.1 Å². The van der Waals surface area contributed by atoms with Gasteiger partial charge in [0.25, 0.3) is 0 Å². The largest absolute Gasteiger partial charge is 0.310 e. The third-order valence-corrected chi connectivity index (χ3v) is 4.93. The number of halogens is 3. The van der Waals surface area contributed by atoms with Crippen molar-refractivity contribution in [2.24, 2.45) is 0 Å². The summed E-state index contributed by atoms with van der Waals surface area (Å²) in [7, 11) is -4.68. The molecule has 0 radical (unpaired) electrons. The molecule has 0 aliphatic carbocycles. The molecule has 1 aromatic rings. The van der Waals surface area contributed by atoms with Gasteiger partial charge in [-0.2, -0.15) is 8.42 Å². The van der Waals surface area contributed by atoms with Gasteiger partial charge in [0.2, 0.25) is 5.91 Å². The van der Waals surface area contributed by atoms with E-state index in [1.807, 2.05) is 0 Å². The molecule has 0 aromatic heterocycles. The van der Waals surface area contributed by atoms with Gasteiger partial charge < -0.3 is 4.90 Å². The van der Waals surface area contributed by atoms with Crippen molar-refractivity contribution in [2.45, 2.75) is 11.7 Å². The fourth-order valence-corrected chi connectivity index (χ4v) is 3.73. The Labute approximate surface area is 121 Å². The van der Waals surface area contributed by atoms with Gasteiger partial charge in [0.05, 0.1) is 5.69 Å². The van der Waals surface area contributed by atoms with Crippen molar-refractivity contribution in [1.29, 1.82) is 0 Å². The summed E-state index contributed by atoms with van der Waals surface area (Å²) >= 11 is 6.56. The molecule has 0 spiro atoms. The lowest BCUT2D eigenvalue weighted by Gasteiger charge is -2.17. The summed E-state index contributed by atoms with van der Waals surface area (Å²) in [6.07, 6.45) is -0.318. The van der Waals surface area contributed by atoms with Gasteiger partial charge in [-0.25, -0.2) is 0 Å². The standard InChI is InChI=1S/C10H8Br2FNO3S/c11-6-1-2-9(8(12)3-6)14-5-7(4-10(14)15)18(13,16)17/h1-3,7H,4-5H2. The molecule has 1 heterocycles. The molecule has 0 saturated carbocycles. The van der Waals surface area contributed by atoms with E-state index < -0.39 is 21.4 Å². The first-order valence-corrected chi connectivity index (χ1v) is 8.01. The van der Waals surface area contributed by atoms with Crippen LogP contribution in [0.4, 0.5) is 9.57 Å². The Kier molecular flexibility index (Phi) is 3.80. The quantitative estimate of drug-likeness (QED) is 0.717. The summed E-state index contributed by atoms with van der Waals surface area (Å²) in [5.74, 6) is -0.399. The Morgan fingerprint density at radius 2 is 2.00 bits per heavy atom.